The minimum Gasteiger partial charge on any atom is -0.463 e. The Balaban J connectivity index is 1.93. The van der Waals surface area contributed by atoms with Gasteiger partial charge >= 0.3 is 5.97 Å². The Kier molecular flexibility index (Phi) is 7.70. The molecule has 32 heavy (non-hydrogen) atoms. The SMILES string of the molecule is CCOC(=O)C(CCC1OCCO1)[P+](c1ccccc1)(c1ccccc1)c1ccccc1. The molecule has 0 radical (unpaired) electrons. The van der Waals surface area contributed by atoms with E-state index in [9.17, 15) is 4.79 Å². The molecule has 166 valence electrons. The zero-order chi connectivity index (χ0) is 22.2. The van der Waals surface area contributed by atoms with Crippen LogP contribution in [0.5, 0.6) is 0 Å². The number of hydrogen-bond donors (Lipinski definition) is 0. The van der Waals surface area contributed by atoms with Gasteiger partial charge in [0.1, 0.15) is 23.2 Å². The highest BCUT2D eigenvalue weighted by atomic mass is 31.2. The number of benzene rings is 3. The third kappa shape index (κ3) is 4.63. The fourth-order valence-electron chi connectivity index (χ4n) is 4.55. The zero-order valence-corrected chi connectivity index (χ0v) is 19.3. The van der Waals surface area contributed by atoms with Crippen molar-refractivity contribution in [3.8, 4) is 0 Å². The van der Waals surface area contributed by atoms with Gasteiger partial charge in [0.2, 0.25) is 0 Å². The van der Waals surface area contributed by atoms with E-state index in [0.717, 1.165) is 0 Å². The Morgan fingerprint density at radius 3 is 1.69 bits per heavy atom. The average Bonchev–Trinajstić information content (AvgIpc) is 3.37. The van der Waals surface area contributed by atoms with Gasteiger partial charge in [0, 0.05) is 12.8 Å². The number of esters is 1. The number of carbonyl (C=O) groups is 1. The minimum atomic E-state index is -2.39. The fraction of sp³-hybridized carbons (Fsp3) is 0.296. The van der Waals surface area contributed by atoms with E-state index in [4.69, 9.17) is 14.2 Å². The van der Waals surface area contributed by atoms with Crippen LogP contribution in [0.15, 0.2) is 91.0 Å². The van der Waals surface area contributed by atoms with E-state index in [1.807, 2.05) is 25.1 Å². The molecule has 0 aliphatic carbocycles. The lowest BCUT2D eigenvalue weighted by molar-refractivity contribution is -0.143. The highest BCUT2D eigenvalue weighted by molar-refractivity contribution is 7.96. The van der Waals surface area contributed by atoms with Gasteiger partial charge in [-0.3, -0.25) is 0 Å². The average molecular weight is 450 g/mol. The van der Waals surface area contributed by atoms with Gasteiger partial charge in [0.05, 0.1) is 19.8 Å². The summed E-state index contributed by atoms with van der Waals surface area (Å²) in [6.07, 6.45) is 1.00. The molecule has 0 aromatic heterocycles. The summed E-state index contributed by atoms with van der Waals surface area (Å²) in [6, 6.07) is 31.3. The molecular weight excluding hydrogens is 419 g/mol. The molecule has 4 nitrogen and oxygen atoms in total. The summed E-state index contributed by atoms with van der Waals surface area (Å²) in [5.41, 5.74) is -0.345. The topological polar surface area (TPSA) is 44.8 Å². The van der Waals surface area contributed by atoms with E-state index in [-0.39, 0.29) is 17.9 Å². The molecule has 0 saturated carbocycles. The number of ether oxygens (including phenoxy) is 3. The molecule has 3 aromatic carbocycles. The smallest absolute Gasteiger partial charge is 0.348 e. The van der Waals surface area contributed by atoms with E-state index >= 15 is 0 Å². The first-order chi connectivity index (χ1) is 15.8. The Bertz CT molecular complexity index is 876. The lowest BCUT2D eigenvalue weighted by Crippen LogP contribution is -2.43. The predicted octanol–water partition coefficient (Wildman–Crippen LogP) is 4.07. The Hall–Kier alpha value is -2.52. The largest absolute Gasteiger partial charge is 0.463 e. The van der Waals surface area contributed by atoms with Crippen molar-refractivity contribution in [2.75, 3.05) is 19.8 Å². The second kappa shape index (κ2) is 10.9. The van der Waals surface area contributed by atoms with E-state index < -0.39 is 7.26 Å². The molecule has 4 rings (SSSR count). The second-order valence-corrected chi connectivity index (χ2v) is 11.4. The molecule has 0 N–H and O–H groups in total. The van der Waals surface area contributed by atoms with Crippen LogP contribution < -0.4 is 15.9 Å². The van der Waals surface area contributed by atoms with Crippen molar-refractivity contribution in [3.05, 3.63) is 91.0 Å². The maximum Gasteiger partial charge on any atom is 0.348 e. The van der Waals surface area contributed by atoms with Crippen molar-refractivity contribution in [2.24, 2.45) is 0 Å². The van der Waals surface area contributed by atoms with Crippen LogP contribution in [0.2, 0.25) is 0 Å². The standard InChI is InChI=1S/C27H30O4P/c1-2-29-27(28)25(18-19-26-30-20-21-31-26)32(22-12-6-3-7-13-22,23-14-8-4-9-15-23)24-16-10-5-11-17-24/h3-17,25-26H,2,18-21H2,1H3/q+1. The minimum absolute atomic E-state index is 0.157. The summed E-state index contributed by atoms with van der Waals surface area (Å²) in [5.74, 6) is -0.157. The van der Waals surface area contributed by atoms with Crippen LogP contribution in [0.1, 0.15) is 19.8 Å². The van der Waals surface area contributed by atoms with Gasteiger partial charge in [-0.05, 0) is 43.3 Å². The van der Waals surface area contributed by atoms with Crippen molar-refractivity contribution in [1.82, 2.24) is 0 Å². The van der Waals surface area contributed by atoms with Crippen LogP contribution in [0.25, 0.3) is 0 Å². The van der Waals surface area contributed by atoms with E-state index in [0.29, 0.717) is 32.7 Å². The third-order valence-electron chi connectivity index (χ3n) is 5.88. The monoisotopic (exact) mass is 449 g/mol. The molecule has 3 aromatic rings. The van der Waals surface area contributed by atoms with Gasteiger partial charge in [0.15, 0.2) is 11.9 Å². The summed E-state index contributed by atoms with van der Waals surface area (Å²) < 4.78 is 17.1. The van der Waals surface area contributed by atoms with Gasteiger partial charge < -0.3 is 14.2 Å². The van der Waals surface area contributed by atoms with Crippen molar-refractivity contribution < 1.29 is 19.0 Å². The van der Waals surface area contributed by atoms with Crippen molar-refractivity contribution in [1.29, 1.82) is 0 Å². The van der Waals surface area contributed by atoms with E-state index in [1.54, 1.807) is 0 Å². The van der Waals surface area contributed by atoms with Gasteiger partial charge in [0.25, 0.3) is 0 Å². The molecule has 0 bridgehead atoms. The molecule has 5 heteroatoms. The van der Waals surface area contributed by atoms with Crippen LogP contribution in [0.3, 0.4) is 0 Å². The molecule has 1 aliphatic rings. The highest BCUT2D eigenvalue weighted by Crippen LogP contribution is 2.61. The Morgan fingerprint density at radius 1 is 0.844 bits per heavy atom. The normalized spacial score (nSPS) is 15.4. The summed E-state index contributed by atoms with van der Waals surface area (Å²) in [5, 5.41) is 3.51. The second-order valence-electron chi connectivity index (χ2n) is 7.75. The van der Waals surface area contributed by atoms with Gasteiger partial charge in [-0.15, -0.1) is 0 Å². The van der Waals surface area contributed by atoms with E-state index in [2.05, 4.69) is 72.8 Å². The first-order valence-corrected chi connectivity index (χ1v) is 13.1. The lowest BCUT2D eigenvalue weighted by atomic mass is 10.2. The molecule has 1 saturated heterocycles. The summed E-state index contributed by atoms with van der Waals surface area (Å²) >= 11 is 0. The zero-order valence-electron chi connectivity index (χ0n) is 18.4. The Morgan fingerprint density at radius 2 is 1.28 bits per heavy atom. The summed E-state index contributed by atoms with van der Waals surface area (Å²) in [4.78, 5) is 13.6. The van der Waals surface area contributed by atoms with Crippen LogP contribution in [-0.4, -0.2) is 37.7 Å². The summed E-state index contributed by atoms with van der Waals surface area (Å²) in [7, 11) is -2.39. The van der Waals surface area contributed by atoms with Crippen molar-refractivity contribution in [2.45, 2.75) is 31.7 Å². The first kappa shape index (κ1) is 22.7. The predicted molar refractivity (Wildman–Crippen MR) is 130 cm³/mol. The van der Waals surface area contributed by atoms with Crippen molar-refractivity contribution in [3.63, 3.8) is 0 Å². The molecule has 1 unspecified atom stereocenters. The van der Waals surface area contributed by atoms with Gasteiger partial charge in [-0.1, -0.05) is 54.6 Å². The summed E-state index contributed by atoms with van der Waals surface area (Å²) in [6.45, 7) is 3.42. The molecule has 1 aliphatic heterocycles. The van der Waals surface area contributed by atoms with Crippen LogP contribution in [0, 0.1) is 0 Å². The molecule has 1 atom stereocenters. The Labute approximate surface area is 190 Å². The molecule has 1 fully saturated rings. The van der Waals surface area contributed by atoms with Crippen molar-refractivity contribution >= 4 is 29.1 Å². The number of carbonyl (C=O) groups excluding carboxylic acids is 1. The van der Waals surface area contributed by atoms with Crippen LogP contribution >= 0.6 is 7.26 Å². The molecule has 0 spiro atoms. The maximum absolute atomic E-state index is 13.6. The maximum atomic E-state index is 13.6. The van der Waals surface area contributed by atoms with Crippen LogP contribution in [-0.2, 0) is 19.0 Å². The quantitative estimate of drug-likeness (QED) is 0.365. The first-order valence-electron chi connectivity index (χ1n) is 11.2. The van der Waals surface area contributed by atoms with Crippen LogP contribution in [0.4, 0.5) is 0 Å². The molecule has 1 heterocycles. The fourth-order valence-corrected chi connectivity index (χ4v) is 9.38. The van der Waals surface area contributed by atoms with Gasteiger partial charge in [-0.2, -0.15) is 0 Å². The lowest BCUT2D eigenvalue weighted by Gasteiger charge is -2.33. The number of hydrogen-bond acceptors (Lipinski definition) is 4. The molecular formula is C27H30O4P+. The van der Waals surface area contributed by atoms with E-state index in [1.165, 1.54) is 15.9 Å². The number of rotatable bonds is 9. The third-order valence-corrected chi connectivity index (χ3v) is 10.6. The highest BCUT2D eigenvalue weighted by Gasteiger charge is 2.56. The molecule has 0 amide bonds. The van der Waals surface area contributed by atoms with Gasteiger partial charge in [-0.25, -0.2) is 4.79 Å².